The molecular formula is C28H35N3O6S2. The monoisotopic (exact) mass is 573 g/mol. The zero-order chi connectivity index (χ0) is 28.4. The molecule has 1 aliphatic heterocycles. The quantitative estimate of drug-likeness (QED) is 0.379. The number of anilines is 2. The van der Waals surface area contributed by atoms with Gasteiger partial charge in [0.05, 0.1) is 35.4 Å². The topological polar surface area (TPSA) is 96.5 Å². The number of hydrogen-bond acceptors (Lipinski definition) is 7. The molecule has 1 saturated heterocycles. The van der Waals surface area contributed by atoms with Crippen LogP contribution in [-0.4, -0.2) is 68.6 Å². The van der Waals surface area contributed by atoms with Crippen LogP contribution in [0.25, 0.3) is 0 Å². The van der Waals surface area contributed by atoms with E-state index in [0.717, 1.165) is 5.56 Å². The van der Waals surface area contributed by atoms with E-state index in [0.29, 0.717) is 41.9 Å². The van der Waals surface area contributed by atoms with E-state index in [-0.39, 0.29) is 22.9 Å². The molecular weight excluding hydrogens is 538 g/mol. The molecule has 0 amide bonds. The molecule has 1 aliphatic rings. The second kappa shape index (κ2) is 11.4. The zero-order valence-corrected chi connectivity index (χ0v) is 24.5. The third-order valence-electron chi connectivity index (χ3n) is 7.01. The van der Waals surface area contributed by atoms with Crippen LogP contribution in [0.1, 0.15) is 25.3 Å². The molecule has 0 radical (unpaired) electrons. The zero-order valence-electron chi connectivity index (χ0n) is 22.9. The molecule has 0 aliphatic carbocycles. The highest BCUT2D eigenvalue weighted by molar-refractivity contribution is 7.92. The third-order valence-corrected chi connectivity index (χ3v) is 10.7. The number of hydrogen-bond donors (Lipinski definition) is 0. The summed E-state index contributed by atoms with van der Waals surface area (Å²) in [6, 6.07) is 18.5. The minimum absolute atomic E-state index is 0.108. The van der Waals surface area contributed by atoms with E-state index < -0.39 is 20.0 Å². The van der Waals surface area contributed by atoms with Gasteiger partial charge in [-0.15, -0.1) is 0 Å². The Kier molecular flexibility index (Phi) is 8.43. The maximum absolute atomic E-state index is 13.5. The number of rotatable bonds is 9. The lowest BCUT2D eigenvalue weighted by molar-refractivity contribution is 0.378. The van der Waals surface area contributed by atoms with Gasteiger partial charge in [0.2, 0.25) is 10.0 Å². The van der Waals surface area contributed by atoms with Crippen molar-refractivity contribution in [2.75, 3.05) is 56.7 Å². The highest BCUT2D eigenvalue weighted by Gasteiger charge is 2.31. The molecule has 11 heteroatoms. The molecule has 1 fully saturated rings. The normalized spacial score (nSPS) is 14.9. The Hall–Kier alpha value is -3.28. The first-order chi connectivity index (χ1) is 18.5. The van der Waals surface area contributed by atoms with Crippen LogP contribution in [0, 0.1) is 0 Å². The van der Waals surface area contributed by atoms with Crippen molar-refractivity contribution < 1.29 is 26.3 Å². The molecule has 0 aromatic heterocycles. The van der Waals surface area contributed by atoms with Crippen molar-refractivity contribution in [2.45, 2.75) is 29.6 Å². The number of benzene rings is 3. The molecule has 39 heavy (non-hydrogen) atoms. The van der Waals surface area contributed by atoms with Crippen LogP contribution in [0.15, 0.2) is 76.5 Å². The minimum atomic E-state index is -3.87. The lowest BCUT2D eigenvalue weighted by Gasteiger charge is -2.36. The molecule has 0 spiro atoms. The van der Waals surface area contributed by atoms with Gasteiger partial charge in [0.15, 0.2) is 0 Å². The molecule has 9 nitrogen and oxygen atoms in total. The first-order valence-corrected chi connectivity index (χ1v) is 15.5. The maximum atomic E-state index is 13.5. The van der Waals surface area contributed by atoms with Crippen LogP contribution in [0.2, 0.25) is 0 Å². The second-order valence-electron chi connectivity index (χ2n) is 9.62. The predicted octanol–water partition coefficient (Wildman–Crippen LogP) is 4.16. The fourth-order valence-electron chi connectivity index (χ4n) is 4.51. The third kappa shape index (κ3) is 5.85. The molecule has 0 unspecified atom stereocenters. The van der Waals surface area contributed by atoms with Crippen LogP contribution >= 0.6 is 0 Å². The fourth-order valence-corrected chi connectivity index (χ4v) is 7.15. The van der Waals surface area contributed by atoms with Gasteiger partial charge in [-0.25, -0.2) is 16.8 Å². The summed E-state index contributed by atoms with van der Waals surface area (Å²) in [4.78, 5) is 2.34. The standard InChI is InChI=1S/C28H35N3O6S2/c1-21(2)22-6-12-25(13-7-22)39(34,35)31-18-16-30(17-19-31)27-20-26(14-15-28(27)37-5)38(32,33)29(3)23-8-10-24(36-4)11-9-23/h6-15,20-21H,16-19H2,1-5H3. The highest BCUT2D eigenvalue weighted by atomic mass is 32.2. The van der Waals surface area contributed by atoms with Gasteiger partial charge in [0, 0.05) is 33.2 Å². The van der Waals surface area contributed by atoms with E-state index in [1.807, 2.05) is 17.0 Å². The van der Waals surface area contributed by atoms with Crippen molar-refractivity contribution >= 4 is 31.4 Å². The van der Waals surface area contributed by atoms with E-state index in [9.17, 15) is 16.8 Å². The summed E-state index contributed by atoms with van der Waals surface area (Å²) in [5.41, 5.74) is 2.17. The average molecular weight is 574 g/mol. The Morgan fingerprint density at radius 1 is 0.769 bits per heavy atom. The average Bonchev–Trinajstić information content (AvgIpc) is 2.96. The van der Waals surface area contributed by atoms with Crippen LogP contribution in [0.3, 0.4) is 0 Å². The molecule has 0 atom stereocenters. The summed E-state index contributed by atoms with van der Waals surface area (Å²) in [6.45, 7) is 5.43. The molecule has 3 aromatic rings. The molecule has 1 heterocycles. The molecule has 210 valence electrons. The SMILES string of the molecule is COc1ccc(N(C)S(=O)(=O)c2ccc(OC)c(N3CCN(S(=O)(=O)c4ccc(C(C)C)cc4)CC3)c2)cc1. The number of piperazine rings is 1. The van der Waals surface area contributed by atoms with Crippen LogP contribution < -0.4 is 18.7 Å². The van der Waals surface area contributed by atoms with Crippen molar-refractivity contribution in [2.24, 2.45) is 0 Å². The van der Waals surface area contributed by atoms with Crippen molar-refractivity contribution in [3.05, 3.63) is 72.3 Å². The summed E-state index contributed by atoms with van der Waals surface area (Å²) in [6.07, 6.45) is 0. The lowest BCUT2D eigenvalue weighted by atomic mass is 10.0. The van der Waals surface area contributed by atoms with Gasteiger partial charge in [-0.05, 0) is 66.1 Å². The summed E-state index contributed by atoms with van der Waals surface area (Å²) < 4.78 is 66.9. The summed E-state index contributed by atoms with van der Waals surface area (Å²) in [5.74, 6) is 1.46. The smallest absolute Gasteiger partial charge is 0.264 e. The van der Waals surface area contributed by atoms with Gasteiger partial charge in [0.1, 0.15) is 11.5 Å². The minimum Gasteiger partial charge on any atom is -0.497 e. The number of methoxy groups -OCH3 is 2. The van der Waals surface area contributed by atoms with Gasteiger partial charge in [-0.2, -0.15) is 4.31 Å². The second-order valence-corrected chi connectivity index (χ2v) is 13.5. The van der Waals surface area contributed by atoms with Crippen LogP contribution in [0.5, 0.6) is 11.5 Å². The maximum Gasteiger partial charge on any atom is 0.264 e. The largest absolute Gasteiger partial charge is 0.497 e. The molecule has 3 aromatic carbocycles. The fraction of sp³-hybridized carbons (Fsp3) is 0.357. The van der Waals surface area contributed by atoms with E-state index in [1.165, 1.54) is 28.8 Å². The van der Waals surface area contributed by atoms with Gasteiger partial charge >= 0.3 is 0 Å². The Bertz CT molecular complexity index is 1500. The van der Waals surface area contributed by atoms with Crippen molar-refractivity contribution in [1.82, 2.24) is 4.31 Å². The van der Waals surface area contributed by atoms with Crippen molar-refractivity contribution in [3.8, 4) is 11.5 Å². The van der Waals surface area contributed by atoms with Gasteiger partial charge in [-0.1, -0.05) is 26.0 Å². The van der Waals surface area contributed by atoms with E-state index in [1.54, 1.807) is 55.6 Å². The molecule has 4 rings (SSSR count). The molecule has 0 bridgehead atoms. The summed E-state index contributed by atoms with van der Waals surface area (Å²) in [7, 11) is -2.94. The molecule has 0 saturated carbocycles. The van der Waals surface area contributed by atoms with Crippen molar-refractivity contribution in [1.29, 1.82) is 0 Å². The number of sulfonamides is 2. The summed E-state index contributed by atoms with van der Waals surface area (Å²) >= 11 is 0. The van der Waals surface area contributed by atoms with E-state index >= 15 is 0 Å². The van der Waals surface area contributed by atoms with Gasteiger partial charge in [0.25, 0.3) is 10.0 Å². The first-order valence-electron chi connectivity index (χ1n) is 12.6. The highest BCUT2D eigenvalue weighted by Crippen LogP contribution is 2.34. The molecule has 0 N–H and O–H groups in total. The number of ether oxygens (including phenoxy) is 2. The number of nitrogens with zero attached hydrogens (tertiary/aromatic N) is 3. The van der Waals surface area contributed by atoms with Crippen LogP contribution in [0.4, 0.5) is 11.4 Å². The lowest BCUT2D eigenvalue weighted by Crippen LogP contribution is -2.48. The predicted molar refractivity (Wildman–Crippen MR) is 153 cm³/mol. The van der Waals surface area contributed by atoms with Gasteiger partial charge < -0.3 is 14.4 Å². The van der Waals surface area contributed by atoms with Gasteiger partial charge in [-0.3, -0.25) is 4.31 Å². The van der Waals surface area contributed by atoms with Crippen LogP contribution in [-0.2, 0) is 20.0 Å². The Balaban J connectivity index is 1.54. The Morgan fingerprint density at radius 3 is 1.90 bits per heavy atom. The Morgan fingerprint density at radius 2 is 1.36 bits per heavy atom. The Labute approximate surface area is 231 Å². The first kappa shape index (κ1) is 28.7. The van der Waals surface area contributed by atoms with E-state index in [2.05, 4.69) is 13.8 Å². The van der Waals surface area contributed by atoms with Crippen molar-refractivity contribution in [3.63, 3.8) is 0 Å². The van der Waals surface area contributed by atoms with E-state index in [4.69, 9.17) is 9.47 Å². The summed E-state index contributed by atoms with van der Waals surface area (Å²) in [5, 5.41) is 0.